The zero-order valence-corrected chi connectivity index (χ0v) is 16.9. The van der Waals surface area contributed by atoms with E-state index in [1.54, 1.807) is 43.5 Å². The summed E-state index contributed by atoms with van der Waals surface area (Å²) in [5.74, 6) is -0.485. The standard InChI is InChI=1S/C23H19ClN2O4/c1-29-18-10-5-7-16(13-18)14-19(17-8-3-2-4-9-17)23(28)30-15-21(27)26-20-11-6-12-25-22(20)24/h2-14H,15H2,1H3,(H,26,27). The molecule has 0 aliphatic heterocycles. The van der Waals surface area contributed by atoms with Crippen LogP contribution in [-0.4, -0.2) is 30.6 Å². The van der Waals surface area contributed by atoms with Gasteiger partial charge in [-0.1, -0.05) is 54.1 Å². The van der Waals surface area contributed by atoms with Gasteiger partial charge in [0.05, 0.1) is 18.4 Å². The van der Waals surface area contributed by atoms with Crippen LogP contribution in [0.15, 0.2) is 72.9 Å². The molecule has 0 saturated carbocycles. The number of halogens is 1. The number of pyridine rings is 1. The second kappa shape index (κ2) is 10.2. The number of rotatable bonds is 7. The number of methoxy groups -OCH3 is 1. The number of aromatic nitrogens is 1. The highest BCUT2D eigenvalue weighted by Crippen LogP contribution is 2.22. The molecule has 2 aromatic carbocycles. The number of benzene rings is 2. The van der Waals surface area contributed by atoms with Crippen LogP contribution in [0.25, 0.3) is 11.6 Å². The number of ether oxygens (including phenoxy) is 2. The molecule has 3 rings (SSSR count). The van der Waals surface area contributed by atoms with Crippen LogP contribution in [-0.2, 0) is 14.3 Å². The fraction of sp³-hybridized carbons (Fsp3) is 0.0870. The Morgan fingerprint density at radius 2 is 1.87 bits per heavy atom. The third-order valence-electron chi connectivity index (χ3n) is 4.08. The molecule has 3 aromatic rings. The summed E-state index contributed by atoms with van der Waals surface area (Å²) in [5, 5.41) is 2.72. The predicted molar refractivity (Wildman–Crippen MR) is 116 cm³/mol. The largest absolute Gasteiger partial charge is 0.497 e. The number of nitrogens with one attached hydrogen (secondary N) is 1. The number of hydrogen-bond donors (Lipinski definition) is 1. The Labute approximate surface area is 179 Å². The smallest absolute Gasteiger partial charge is 0.339 e. The number of hydrogen-bond acceptors (Lipinski definition) is 5. The molecule has 0 atom stereocenters. The van der Waals surface area contributed by atoms with E-state index >= 15 is 0 Å². The molecule has 6 nitrogen and oxygen atoms in total. The SMILES string of the molecule is COc1cccc(C=C(C(=O)OCC(=O)Nc2cccnc2Cl)c2ccccc2)c1. The average molecular weight is 423 g/mol. The maximum atomic E-state index is 12.8. The Kier molecular flexibility index (Phi) is 7.19. The van der Waals surface area contributed by atoms with Gasteiger partial charge in [-0.15, -0.1) is 0 Å². The molecular weight excluding hydrogens is 404 g/mol. The summed E-state index contributed by atoms with van der Waals surface area (Å²) in [5.41, 5.74) is 2.09. The zero-order valence-electron chi connectivity index (χ0n) is 16.2. The lowest BCUT2D eigenvalue weighted by Gasteiger charge is -2.10. The molecule has 0 fully saturated rings. The van der Waals surface area contributed by atoms with Crippen molar-refractivity contribution in [2.45, 2.75) is 0 Å². The first-order valence-corrected chi connectivity index (χ1v) is 9.43. The first-order valence-electron chi connectivity index (χ1n) is 9.05. The summed E-state index contributed by atoms with van der Waals surface area (Å²) in [7, 11) is 1.57. The predicted octanol–water partition coefficient (Wildman–Crippen LogP) is 4.47. The molecule has 1 amide bonds. The molecule has 0 aliphatic carbocycles. The quantitative estimate of drug-likeness (QED) is 0.263. The van der Waals surface area contributed by atoms with Gasteiger partial charge in [0.1, 0.15) is 5.75 Å². The van der Waals surface area contributed by atoms with E-state index in [1.165, 1.54) is 6.20 Å². The van der Waals surface area contributed by atoms with Crippen molar-refractivity contribution in [3.05, 3.63) is 89.2 Å². The Hall–Kier alpha value is -3.64. The maximum Gasteiger partial charge on any atom is 0.339 e. The topological polar surface area (TPSA) is 77.5 Å². The van der Waals surface area contributed by atoms with Gasteiger partial charge in [0.25, 0.3) is 5.91 Å². The highest BCUT2D eigenvalue weighted by Gasteiger charge is 2.16. The van der Waals surface area contributed by atoms with Gasteiger partial charge < -0.3 is 14.8 Å². The highest BCUT2D eigenvalue weighted by molar-refractivity contribution is 6.32. The van der Waals surface area contributed by atoms with Gasteiger partial charge in [0, 0.05) is 6.20 Å². The first-order chi connectivity index (χ1) is 14.6. The van der Waals surface area contributed by atoms with Gasteiger partial charge in [-0.2, -0.15) is 0 Å². The number of carbonyl (C=O) groups excluding carboxylic acids is 2. The average Bonchev–Trinajstić information content (AvgIpc) is 2.78. The Balaban J connectivity index is 1.76. The summed E-state index contributed by atoms with van der Waals surface area (Å²) >= 11 is 5.92. The highest BCUT2D eigenvalue weighted by atomic mass is 35.5. The maximum absolute atomic E-state index is 12.8. The Morgan fingerprint density at radius 3 is 2.60 bits per heavy atom. The van der Waals surface area contributed by atoms with E-state index in [0.717, 1.165) is 5.56 Å². The minimum absolute atomic E-state index is 0.153. The molecule has 1 heterocycles. The molecule has 0 aliphatic rings. The number of anilines is 1. The van der Waals surface area contributed by atoms with Crippen LogP contribution >= 0.6 is 11.6 Å². The van der Waals surface area contributed by atoms with Crippen LogP contribution < -0.4 is 10.1 Å². The van der Waals surface area contributed by atoms with E-state index in [9.17, 15) is 9.59 Å². The number of nitrogens with zero attached hydrogens (tertiary/aromatic N) is 1. The van der Waals surface area contributed by atoms with Crippen molar-refractivity contribution >= 4 is 40.8 Å². The minimum Gasteiger partial charge on any atom is -0.497 e. The van der Waals surface area contributed by atoms with Gasteiger partial charge >= 0.3 is 5.97 Å². The molecule has 1 N–H and O–H groups in total. The van der Waals surface area contributed by atoms with Crippen LogP contribution in [0.5, 0.6) is 5.75 Å². The molecule has 0 spiro atoms. The van der Waals surface area contributed by atoms with Gasteiger partial charge in [0.15, 0.2) is 11.8 Å². The molecule has 0 unspecified atom stereocenters. The van der Waals surface area contributed by atoms with E-state index in [-0.39, 0.29) is 5.15 Å². The Bertz CT molecular complexity index is 1070. The van der Waals surface area contributed by atoms with Crippen molar-refractivity contribution in [1.29, 1.82) is 0 Å². The van der Waals surface area contributed by atoms with E-state index in [1.807, 2.05) is 36.4 Å². The van der Waals surface area contributed by atoms with Crippen molar-refractivity contribution in [3.63, 3.8) is 0 Å². The molecule has 0 radical (unpaired) electrons. The number of carbonyl (C=O) groups is 2. The summed E-state index contributed by atoms with van der Waals surface area (Å²) in [6.45, 7) is -0.466. The lowest BCUT2D eigenvalue weighted by molar-refractivity contribution is -0.141. The van der Waals surface area contributed by atoms with Crippen molar-refractivity contribution < 1.29 is 19.1 Å². The van der Waals surface area contributed by atoms with E-state index in [2.05, 4.69) is 10.3 Å². The monoisotopic (exact) mass is 422 g/mol. The number of amides is 1. The van der Waals surface area contributed by atoms with Crippen LogP contribution in [0.2, 0.25) is 5.15 Å². The summed E-state index contributed by atoms with van der Waals surface area (Å²) < 4.78 is 10.5. The normalized spacial score (nSPS) is 10.9. The van der Waals surface area contributed by atoms with Gasteiger partial charge in [-0.05, 0) is 41.5 Å². The minimum atomic E-state index is -0.628. The fourth-order valence-corrected chi connectivity index (χ4v) is 2.82. The van der Waals surface area contributed by atoms with Crippen molar-refractivity contribution in [2.75, 3.05) is 19.0 Å². The third kappa shape index (κ3) is 5.68. The molecule has 152 valence electrons. The summed E-state index contributed by atoms with van der Waals surface area (Å²) in [6.07, 6.45) is 3.20. The van der Waals surface area contributed by atoms with Crippen LogP contribution in [0.3, 0.4) is 0 Å². The van der Waals surface area contributed by atoms with Crippen molar-refractivity contribution in [1.82, 2.24) is 4.98 Å². The van der Waals surface area contributed by atoms with E-state index < -0.39 is 18.5 Å². The molecule has 0 bridgehead atoms. The van der Waals surface area contributed by atoms with E-state index in [0.29, 0.717) is 22.6 Å². The van der Waals surface area contributed by atoms with Crippen LogP contribution in [0.1, 0.15) is 11.1 Å². The third-order valence-corrected chi connectivity index (χ3v) is 4.38. The second-order valence-corrected chi connectivity index (χ2v) is 6.52. The van der Waals surface area contributed by atoms with Crippen LogP contribution in [0.4, 0.5) is 5.69 Å². The first kappa shape index (κ1) is 21.1. The fourth-order valence-electron chi connectivity index (χ4n) is 2.65. The van der Waals surface area contributed by atoms with Crippen molar-refractivity contribution in [2.24, 2.45) is 0 Å². The lowest BCUT2D eigenvalue weighted by atomic mass is 10.0. The zero-order chi connectivity index (χ0) is 21.3. The lowest BCUT2D eigenvalue weighted by Crippen LogP contribution is -2.21. The van der Waals surface area contributed by atoms with E-state index in [4.69, 9.17) is 21.1 Å². The summed E-state index contributed by atoms with van der Waals surface area (Å²) in [6, 6.07) is 19.6. The molecular formula is C23H19ClN2O4. The molecule has 30 heavy (non-hydrogen) atoms. The van der Waals surface area contributed by atoms with Gasteiger partial charge in [0.2, 0.25) is 0 Å². The second-order valence-electron chi connectivity index (χ2n) is 6.17. The van der Waals surface area contributed by atoms with Crippen LogP contribution in [0, 0.1) is 0 Å². The molecule has 7 heteroatoms. The summed E-state index contributed by atoms with van der Waals surface area (Å²) in [4.78, 5) is 28.8. The Morgan fingerprint density at radius 1 is 1.07 bits per heavy atom. The van der Waals surface area contributed by atoms with Gasteiger partial charge in [-0.25, -0.2) is 9.78 Å². The number of esters is 1. The molecule has 1 aromatic heterocycles. The van der Waals surface area contributed by atoms with Gasteiger partial charge in [-0.3, -0.25) is 4.79 Å². The van der Waals surface area contributed by atoms with Crippen molar-refractivity contribution in [3.8, 4) is 5.75 Å². The molecule has 0 saturated heterocycles.